The van der Waals surface area contributed by atoms with Gasteiger partial charge in [-0.3, -0.25) is 9.78 Å². The zero-order valence-corrected chi connectivity index (χ0v) is 20.7. The van der Waals surface area contributed by atoms with E-state index in [1.54, 1.807) is 6.07 Å². The van der Waals surface area contributed by atoms with Gasteiger partial charge in [0.05, 0.1) is 18.3 Å². The number of amides is 1. The number of rotatable bonds is 8. The minimum Gasteiger partial charge on any atom is -0.375 e. The van der Waals surface area contributed by atoms with Crippen molar-refractivity contribution < 1.29 is 31.5 Å². The topological polar surface area (TPSA) is 63.2 Å². The molecule has 0 radical (unpaired) electrons. The van der Waals surface area contributed by atoms with E-state index >= 15 is 0 Å². The molecule has 1 fully saturated rings. The Balaban J connectivity index is 1.54. The van der Waals surface area contributed by atoms with E-state index in [0.717, 1.165) is 6.07 Å². The molecule has 10 heteroatoms. The third-order valence-corrected chi connectivity index (χ3v) is 6.54. The van der Waals surface area contributed by atoms with Crippen molar-refractivity contribution in [1.29, 1.82) is 0 Å². The minimum atomic E-state index is -4.62. The fourth-order valence-electron chi connectivity index (χ4n) is 4.46. The minimum absolute atomic E-state index is 0.0920. The van der Waals surface area contributed by atoms with Gasteiger partial charge in [0.1, 0.15) is 11.6 Å². The summed E-state index contributed by atoms with van der Waals surface area (Å²) in [5, 5.41) is 6.03. The smallest absolute Gasteiger partial charge is 0.375 e. The summed E-state index contributed by atoms with van der Waals surface area (Å²) in [6.45, 7) is 3.21. The highest BCUT2D eigenvalue weighted by atomic mass is 19.4. The van der Waals surface area contributed by atoms with Crippen molar-refractivity contribution in [3.63, 3.8) is 0 Å². The van der Waals surface area contributed by atoms with Crippen molar-refractivity contribution in [2.75, 3.05) is 18.5 Å². The van der Waals surface area contributed by atoms with Crippen LogP contribution in [0.15, 0.2) is 60.9 Å². The lowest BCUT2D eigenvalue weighted by atomic mass is 9.88. The van der Waals surface area contributed by atoms with Crippen LogP contribution in [0, 0.1) is 11.6 Å². The first-order chi connectivity index (χ1) is 18.1. The monoisotopic (exact) mass is 533 g/mol. The maximum Gasteiger partial charge on any atom is 0.417 e. The van der Waals surface area contributed by atoms with E-state index in [-0.39, 0.29) is 29.8 Å². The molecule has 0 unspecified atom stereocenters. The summed E-state index contributed by atoms with van der Waals surface area (Å²) in [5.74, 6) is -2.37. The fourth-order valence-corrected chi connectivity index (χ4v) is 4.46. The van der Waals surface area contributed by atoms with Crippen molar-refractivity contribution in [2.24, 2.45) is 0 Å². The molecule has 2 heterocycles. The maximum absolute atomic E-state index is 14.7. The van der Waals surface area contributed by atoms with Gasteiger partial charge in [-0.15, -0.1) is 0 Å². The molecule has 0 spiro atoms. The molecule has 2 aromatic carbocycles. The highest BCUT2D eigenvalue weighted by Gasteiger charge is 2.32. The van der Waals surface area contributed by atoms with Crippen molar-refractivity contribution in [3.8, 4) is 0 Å². The average molecular weight is 534 g/mol. The molecule has 0 aliphatic carbocycles. The number of hydrogen-bond acceptors (Lipinski definition) is 4. The molecule has 3 aromatic rings. The lowest BCUT2D eigenvalue weighted by Crippen LogP contribution is -2.44. The van der Waals surface area contributed by atoms with Gasteiger partial charge >= 0.3 is 6.18 Å². The van der Waals surface area contributed by atoms with E-state index < -0.39 is 35.2 Å². The first kappa shape index (κ1) is 27.7. The normalized spacial score (nSPS) is 18.7. The number of morpholine rings is 1. The van der Waals surface area contributed by atoms with Crippen LogP contribution in [0.5, 0.6) is 0 Å². The molecule has 202 valence electrons. The number of anilines is 1. The Hall–Kier alpha value is -3.37. The molecule has 5 nitrogen and oxygen atoms in total. The second-order valence-electron chi connectivity index (χ2n) is 9.43. The second kappa shape index (κ2) is 12.0. The molecule has 0 saturated carbocycles. The van der Waals surface area contributed by atoms with Gasteiger partial charge in [-0.05, 0) is 61.2 Å². The predicted octanol–water partition coefficient (Wildman–Crippen LogP) is 5.85. The predicted molar refractivity (Wildman–Crippen MR) is 133 cm³/mol. The number of nitrogens with one attached hydrogen (secondary N) is 2. The van der Waals surface area contributed by atoms with E-state index in [0.29, 0.717) is 43.3 Å². The highest BCUT2D eigenvalue weighted by molar-refractivity contribution is 5.92. The maximum atomic E-state index is 14.7. The molecule has 1 saturated heterocycles. The molecular weight excluding hydrogens is 505 g/mol. The highest BCUT2D eigenvalue weighted by Crippen LogP contribution is 2.34. The Morgan fingerprint density at radius 3 is 2.58 bits per heavy atom. The van der Waals surface area contributed by atoms with Crippen LogP contribution >= 0.6 is 0 Å². The van der Waals surface area contributed by atoms with Gasteiger partial charge in [0.15, 0.2) is 0 Å². The van der Waals surface area contributed by atoms with Gasteiger partial charge in [-0.1, -0.05) is 18.2 Å². The zero-order valence-electron chi connectivity index (χ0n) is 20.7. The molecule has 1 aromatic heterocycles. The number of hydrogen-bond donors (Lipinski definition) is 2. The SMILES string of the molecule is C[C@H]1CO[C@H](CCc2c(F)cccc2NC(=O)C[C@@H](c2ccc(F)cc2)c2cncc(C(F)(F)F)c2)CN1. The lowest BCUT2D eigenvalue weighted by molar-refractivity contribution is -0.137. The summed E-state index contributed by atoms with van der Waals surface area (Å²) in [5.41, 5.74) is 0.244. The first-order valence-corrected chi connectivity index (χ1v) is 12.3. The van der Waals surface area contributed by atoms with Gasteiger partial charge in [-0.25, -0.2) is 8.78 Å². The number of halogens is 5. The quantitative estimate of drug-likeness (QED) is 0.357. The number of aromatic nitrogens is 1. The van der Waals surface area contributed by atoms with Crippen LogP contribution in [-0.4, -0.2) is 36.2 Å². The second-order valence-corrected chi connectivity index (χ2v) is 9.43. The van der Waals surface area contributed by atoms with Crippen LogP contribution in [-0.2, 0) is 22.1 Å². The van der Waals surface area contributed by atoms with E-state index in [9.17, 15) is 26.7 Å². The summed E-state index contributed by atoms with van der Waals surface area (Å²) in [7, 11) is 0. The number of carbonyl (C=O) groups is 1. The third-order valence-electron chi connectivity index (χ3n) is 6.54. The lowest BCUT2D eigenvalue weighted by Gasteiger charge is -2.28. The summed E-state index contributed by atoms with van der Waals surface area (Å²) in [6, 6.07) is 10.7. The molecule has 1 aliphatic heterocycles. The van der Waals surface area contributed by atoms with E-state index in [4.69, 9.17) is 4.74 Å². The average Bonchev–Trinajstić information content (AvgIpc) is 2.88. The van der Waals surface area contributed by atoms with Gasteiger partial charge < -0.3 is 15.4 Å². The number of benzene rings is 2. The number of carbonyl (C=O) groups excluding carboxylic acids is 1. The molecule has 4 rings (SSSR count). The van der Waals surface area contributed by atoms with Crippen LogP contribution < -0.4 is 10.6 Å². The van der Waals surface area contributed by atoms with E-state index in [2.05, 4.69) is 15.6 Å². The Kier molecular flexibility index (Phi) is 8.73. The van der Waals surface area contributed by atoms with Crippen molar-refractivity contribution >= 4 is 11.6 Å². The molecule has 38 heavy (non-hydrogen) atoms. The van der Waals surface area contributed by atoms with Crippen LogP contribution in [0.2, 0.25) is 0 Å². The van der Waals surface area contributed by atoms with Crippen LogP contribution in [0.25, 0.3) is 0 Å². The number of nitrogens with zero attached hydrogens (tertiary/aromatic N) is 1. The summed E-state index contributed by atoms with van der Waals surface area (Å²) < 4.78 is 74.1. The zero-order chi connectivity index (χ0) is 27.3. The van der Waals surface area contributed by atoms with Gasteiger partial charge in [0, 0.05) is 48.6 Å². The van der Waals surface area contributed by atoms with Crippen LogP contribution in [0.4, 0.5) is 27.6 Å². The Morgan fingerprint density at radius 2 is 1.89 bits per heavy atom. The van der Waals surface area contributed by atoms with Crippen molar-refractivity contribution in [1.82, 2.24) is 10.3 Å². The largest absolute Gasteiger partial charge is 0.417 e. The molecule has 1 amide bonds. The standard InChI is InChI=1S/C28H28F5N3O2/c1-17-16-38-22(15-35-17)9-10-23-25(30)3-2-4-26(23)36-27(37)12-24(18-5-7-21(29)8-6-18)19-11-20(14-34-13-19)28(31,32)33/h2-8,11,13-14,17,22,24,35H,9-10,12,15-16H2,1H3,(H,36,37)/t17-,22+,24-/m0/s1. The summed E-state index contributed by atoms with van der Waals surface area (Å²) >= 11 is 0. The Bertz CT molecular complexity index is 1240. The van der Waals surface area contributed by atoms with Gasteiger partial charge in [0.2, 0.25) is 5.91 Å². The first-order valence-electron chi connectivity index (χ1n) is 12.3. The molecule has 3 atom stereocenters. The summed E-state index contributed by atoms with van der Waals surface area (Å²) in [4.78, 5) is 16.9. The third kappa shape index (κ3) is 7.14. The van der Waals surface area contributed by atoms with E-state index in [1.165, 1.54) is 42.6 Å². The fraction of sp³-hybridized carbons (Fsp3) is 0.357. The van der Waals surface area contributed by atoms with Crippen molar-refractivity contribution in [3.05, 3.63) is 94.8 Å². The van der Waals surface area contributed by atoms with Gasteiger partial charge in [-0.2, -0.15) is 13.2 Å². The Morgan fingerprint density at radius 1 is 1.13 bits per heavy atom. The van der Waals surface area contributed by atoms with Crippen molar-refractivity contribution in [2.45, 2.75) is 50.4 Å². The van der Waals surface area contributed by atoms with Crippen LogP contribution in [0.3, 0.4) is 0 Å². The molecule has 0 bridgehead atoms. The molecule has 1 aliphatic rings. The number of pyridine rings is 1. The van der Waals surface area contributed by atoms with Gasteiger partial charge in [0.25, 0.3) is 0 Å². The number of alkyl halides is 3. The molecule has 2 N–H and O–H groups in total. The van der Waals surface area contributed by atoms with Crippen LogP contribution in [0.1, 0.15) is 47.9 Å². The van der Waals surface area contributed by atoms with E-state index in [1.807, 2.05) is 6.92 Å². The number of ether oxygens (including phenoxy) is 1. The summed E-state index contributed by atoms with van der Waals surface area (Å²) in [6.07, 6.45) is -2.16. The molecular formula is C28H28F5N3O2. The Labute approximate surface area is 217 Å².